The van der Waals surface area contributed by atoms with Crippen molar-refractivity contribution in [1.29, 1.82) is 5.26 Å². The summed E-state index contributed by atoms with van der Waals surface area (Å²) in [4.78, 5) is 24.6. The summed E-state index contributed by atoms with van der Waals surface area (Å²) >= 11 is 0. The summed E-state index contributed by atoms with van der Waals surface area (Å²) in [6.07, 6.45) is 1.50. The first-order chi connectivity index (χ1) is 13.4. The summed E-state index contributed by atoms with van der Waals surface area (Å²) in [6.45, 7) is 4.92. The smallest absolute Gasteiger partial charge is 0.338 e. The summed E-state index contributed by atoms with van der Waals surface area (Å²) < 4.78 is 5.19. The number of nitriles is 1. The molecule has 0 unspecified atom stereocenters. The number of amides is 1. The van der Waals surface area contributed by atoms with Gasteiger partial charge in [-0.3, -0.25) is 4.79 Å². The van der Waals surface area contributed by atoms with Gasteiger partial charge in [-0.25, -0.2) is 4.79 Å². The minimum Gasteiger partial charge on any atom is -0.452 e. The Kier molecular flexibility index (Phi) is 7.34. The normalized spacial score (nSPS) is 12.7. The lowest BCUT2D eigenvalue weighted by Crippen LogP contribution is -2.50. The zero-order valence-corrected chi connectivity index (χ0v) is 16.6. The Morgan fingerprint density at radius 1 is 1.07 bits per heavy atom. The van der Waals surface area contributed by atoms with Crippen molar-refractivity contribution < 1.29 is 14.3 Å². The van der Waals surface area contributed by atoms with Crippen LogP contribution in [0.25, 0.3) is 0 Å². The van der Waals surface area contributed by atoms with Gasteiger partial charge in [0.15, 0.2) is 6.61 Å². The van der Waals surface area contributed by atoms with E-state index in [4.69, 9.17) is 4.74 Å². The number of ether oxygens (including phenoxy) is 1. The van der Waals surface area contributed by atoms with E-state index in [2.05, 4.69) is 11.4 Å². The third-order valence-electron chi connectivity index (χ3n) is 4.88. The molecule has 0 spiro atoms. The van der Waals surface area contributed by atoms with Gasteiger partial charge < -0.3 is 10.1 Å². The van der Waals surface area contributed by atoms with Crippen molar-refractivity contribution in [3.63, 3.8) is 0 Å². The maximum absolute atomic E-state index is 12.5. The maximum atomic E-state index is 12.5. The molecule has 146 valence electrons. The fourth-order valence-electron chi connectivity index (χ4n) is 2.70. The highest BCUT2D eigenvalue weighted by Crippen LogP contribution is 2.16. The van der Waals surface area contributed by atoms with E-state index in [1.807, 2.05) is 56.3 Å². The molecule has 0 saturated heterocycles. The van der Waals surface area contributed by atoms with Gasteiger partial charge in [-0.15, -0.1) is 0 Å². The molecular formula is C23H26N2O3. The van der Waals surface area contributed by atoms with Gasteiger partial charge in [0.2, 0.25) is 0 Å². The standard InChI is InChI=1S/C23H26N2O3/c1-17(2)23(3,16-24)25-21(26)15-28-22(27)20-12-8-7-11-19(20)14-13-18-9-5-4-6-10-18/h4-12,17H,13-15H2,1-3H3,(H,25,26)/t23-/m0/s1. The van der Waals surface area contributed by atoms with Crippen molar-refractivity contribution in [3.05, 3.63) is 71.3 Å². The van der Waals surface area contributed by atoms with Crippen LogP contribution in [0.2, 0.25) is 0 Å². The zero-order chi connectivity index (χ0) is 20.6. The van der Waals surface area contributed by atoms with Crippen molar-refractivity contribution in [1.82, 2.24) is 5.32 Å². The first-order valence-electron chi connectivity index (χ1n) is 9.37. The van der Waals surface area contributed by atoms with Gasteiger partial charge in [-0.05, 0) is 42.9 Å². The predicted molar refractivity (Wildman–Crippen MR) is 108 cm³/mol. The first kappa shape index (κ1) is 21.2. The summed E-state index contributed by atoms with van der Waals surface area (Å²) in [5.41, 5.74) is 1.52. The number of carbonyl (C=O) groups excluding carboxylic acids is 2. The molecule has 28 heavy (non-hydrogen) atoms. The van der Waals surface area contributed by atoms with E-state index in [0.29, 0.717) is 12.0 Å². The number of nitrogens with zero attached hydrogens (tertiary/aromatic N) is 1. The molecular weight excluding hydrogens is 352 g/mol. The van der Waals surface area contributed by atoms with E-state index in [1.165, 1.54) is 5.56 Å². The number of benzene rings is 2. The fraction of sp³-hybridized carbons (Fsp3) is 0.348. The van der Waals surface area contributed by atoms with E-state index in [0.717, 1.165) is 12.0 Å². The Hall–Kier alpha value is -3.13. The highest BCUT2D eigenvalue weighted by Gasteiger charge is 2.30. The van der Waals surface area contributed by atoms with Crippen molar-refractivity contribution in [2.45, 2.75) is 39.2 Å². The molecule has 0 radical (unpaired) electrons. The Morgan fingerprint density at radius 3 is 2.36 bits per heavy atom. The van der Waals surface area contributed by atoms with Crippen LogP contribution in [0.15, 0.2) is 54.6 Å². The molecule has 5 heteroatoms. The number of nitrogens with one attached hydrogen (secondary N) is 1. The molecule has 5 nitrogen and oxygen atoms in total. The SMILES string of the molecule is CC(C)[C@](C)(C#N)NC(=O)COC(=O)c1ccccc1CCc1ccccc1. The van der Waals surface area contributed by atoms with Crippen LogP contribution in [-0.2, 0) is 22.4 Å². The molecule has 1 amide bonds. The maximum Gasteiger partial charge on any atom is 0.338 e. The minimum atomic E-state index is -1.00. The second-order valence-electron chi connectivity index (χ2n) is 7.24. The lowest BCUT2D eigenvalue weighted by molar-refractivity contribution is -0.125. The molecule has 2 rings (SSSR count). The molecule has 0 aliphatic heterocycles. The summed E-state index contributed by atoms with van der Waals surface area (Å²) in [6, 6.07) is 19.4. The van der Waals surface area contributed by atoms with Gasteiger partial charge >= 0.3 is 5.97 Å². The molecule has 0 aliphatic carbocycles. The van der Waals surface area contributed by atoms with Crippen molar-refractivity contribution >= 4 is 11.9 Å². The van der Waals surface area contributed by atoms with E-state index in [9.17, 15) is 14.9 Å². The number of esters is 1. The van der Waals surface area contributed by atoms with E-state index >= 15 is 0 Å². The van der Waals surface area contributed by atoms with Gasteiger partial charge in [-0.1, -0.05) is 62.4 Å². The van der Waals surface area contributed by atoms with E-state index in [1.54, 1.807) is 19.1 Å². The van der Waals surface area contributed by atoms with Gasteiger partial charge in [0.05, 0.1) is 11.6 Å². The largest absolute Gasteiger partial charge is 0.452 e. The molecule has 2 aromatic carbocycles. The third kappa shape index (κ3) is 5.68. The second-order valence-corrected chi connectivity index (χ2v) is 7.24. The van der Waals surface area contributed by atoms with Crippen molar-refractivity contribution in [3.8, 4) is 6.07 Å². The van der Waals surface area contributed by atoms with Crippen LogP contribution >= 0.6 is 0 Å². The van der Waals surface area contributed by atoms with Crippen LogP contribution < -0.4 is 5.32 Å². The van der Waals surface area contributed by atoms with Crippen LogP contribution in [-0.4, -0.2) is 24.0 Å². The Bertz CT molecular complexity index is 856. The average Bonchev–Trinajstić information content (AvgIpc) is 2.71. The van der Waals surface area contributed by atoms with Crippen molar-refractivity contribution in [2.24, 2.45) is 5.92 Å². The van der Waals surface area contributed by atoms with Crippen LogP contribution in [0.4, 0.5) is 0 Å². The lowest BCUT2D eigenvalue weighted by atomic mass is 9.90. The summed E-state index contributed by atoms with van der Waals surface area (Å²) in [5.74, 6) is -1.11. The predicted octanol–water partition coefficient (Wildman–Crippen LogP) is 3.68. The Labute approximate surface area is 166 Å². The van der Waals surface area contributed by atoms with Gasteiger partial charge in [0.1, 0.15) is 5.54 Å². The second kappa shape index (κ2) is 9.70. The summed E-state index contributed by atoms with van der Waals surface area (Å²) in [5, 5.41) is 11.9. The summed E-state index contributed by atoms with van der Waals surface area (Å²) in [7, 11) is 0. The number of aryl methyl sites for hydroxylation is 2. The monoisotopic (exact) mass is 378 g/mol. The van der Waals surface area contributed by atoms with Gasteiger partial charge in [0, 0.05) is 0 Å². The number of rotatable bonds is 8. The highest BCUT2D eigenvalue weighted by atomic mass is 16.5. The first-order valence-corrected chi connectivity index (χ1v) is 9.37. The van der Waals surface area contributed by atoms with E-state index in [-0.39, 0.29) is 5.92 Å². The van der Waals surface area contributed by atoms with Gasteiger partial charge in [-0.2, -0.15) is 5.26 Å². The number of hydrogen-bond donors (Lipinski definition) is 1. The Balaban J connectivity index is 1.97. The van der Waals surface area contributed by atoms with E-state index < -0.39 is 24.0 Å². The molecule has 2 aromatic rings. The highest BCUT2D eigenvalue weighted by molar-refractivity contribution is 5.92. The molecule has 0 saturated carbocycles. The molecule has 1 N–H and O–H groups in total. The van der Waals surface area contributed by atoms with Crippen LogP contribution in [0, 0.1) is 17.2 Å². The topological polar surface area (TPSA) is 79.2 Å². The van der Waals surface area contributed by atoms with Crippen LogP contribution in [0.5, 0.6) is 0 Å². The molecule has 0 heterocycles. The van der Waals surface area contributed by atoms with Crippen molar-refractivity contribution in [2.75, 3.05) is 6.61 Å². The Morgan fingerprint density at radius 2 is 1.71 bits per heavy atom. The fourth-order valence-corrected chi connectivity index (χ4v) is 2.70. The quantitative estimate of drug-likeness (QED) is 0.711. The number of hydrogen-bond acceptors (Lipinski definition) is 4. The average molecular weight is 378 g/mol. The van der Waals surface area contributed by atoms with Crippen LogP contribution in [0.1, 0.15) is 42.3 Å². The molecule has 0 aliphatic rings. The minimum absolute atomic E-state index is 0.0733. The molecule has 0 bridgehead atoms. The zero-order valence-electron chi connectivity index (χ0n) is 16.6. The lowest BCUT2D eigenvalue weighted by Gasteiger charge is -2.27. The van der Waals surface area contributed by atoms with Gasteiger partial charge in [0.25, 0.3) is 5.91 Å². The molecule has 0 fully saturated rings. The van der Waals surface area contributed by atoms with Crippen LogP contribution in [0.3, 0.4) is 0 Å². The molecule has 1 atom stereocenters. The number of carbonyl (C=O) groups is 2. The molecule has 0 aromatic heterocycles. The third-order valence-corrected chi connectivity index (χ3v) is 4.88.